The zero-order valence-electron chi connectivity index (χ0n) is 17.2. The molecule has 6 heteroatoms. The molecule has 0 heterocycles. The monoisotopic (exact) mass is 416 g/mol. The minimum absolute atomic E-state index is 0.0310. The number of hydrogen-bond acceptors (Lipinski definition) is 4. The van der Waals surface area contributed by atoms with Gasteiger partial charge in [0, 0.05) is 5.92 Å². The van der Waals surface area contributed by atoms with E-state index < -0.39 is 18.0 Å². The maximum Gasteiger partial charge on any atom is 0.407 e. The molecular formula is C25H24N2O4. The van der Waals surface area contributed by atoms with Gasteiger partial charge < -0.3 is 10.1 Å². The summed E-state index contributed by atoms with van der Waals surface area (Å²) in [5.74, 6) is -0.485. The quantitative estimate of drug-likeness (QED) is 0.567. The van der Waals surface area contributed by atoms with Crippen LogP contribution < -0.4 is 10.8 Å². The van der Waals surface area contributed by atoms with Crippen molar-refractivity contribution in [1.82, 2.24) is 10.8 Å². The van der Waals surface area contributed by atoms with Gasteiger partial charge in [-0.2, -0.15) is 0 Å². The van der Waals surface area contributed by atoms with Gasteiger partial charge in [-0.3, -0.25) is 9.63 Å². The van der Waals surface area contributed by atoms with Gasteiger partial charge in [0.2, 0.25) is 0 Å². The average molecular weight is 416 g/mol. The van der Waals surface area contributed by atoms with Crippen LogP contribution in [-0.4, -0.2) is 24.6 Å². The Labute approximate surface area is 181 Å². The highest BCUT2D eigenvalue weighted by atomic mass is 16.7. The number of nitrogens with one attached hydrogen (secondary N) is 2. The van der Waals surface area contributed by atoms with Crippen LogP contribution in [0.4, 0.5) is 4.79 Å². The lowest BCUT2D eigenvalue weighted by molar-refractivity contribution is -0.136. The Balaban J connectivity index is 1.28. The van der Waals surface area contributed by atoms with E-state index in [2.05, 4.69) is 35.1 Å². The SMILES string of the molecule is C[C@H](NC(=O)OCC1c2ccccc2-c2ccccc21)C(=O)NOCc1ccccc1. The van der Waals surface area contributed by atoms with Gasteiger partial charge in [-0.05, 0) is 34.7 Å². The van der Waals surface area contributed by atoms with Crippen LogP contribution in [-0.2, 0) is 21.0 Å². The number of carbonyl (C=O) groups is 2. The number of benzene rings is 3. The summed E-state index contributed by atoms with van der Waals surface area (Å²) in [4.78, 5) is 29.6. The van der Waals surface area contributed by atoms with Gasteiger partial charge in [0.05, 0.1) is 6.61 Å². The van der Waals surface area contributed by atoms with E-state index in [1.54, 1.807) is 6.92 Å². The molecule has 3 aromatic rings. The van der Waals surface area contributed by atoms with Crippen LogP contribution in [0.2, 0.25) is 0 Å². The van der Waals surface area contributed by atoms with Crippen LogP contribution in [0.3, 0.4) is 0 Å². The number of fused-ring (bicyclic) bond motifs is 3. The van der Waals surface area contributed by atoms with Gasteiger partial charge in [-0.1, -0.05) is 78.9 Å². The summed E-state index contributed by atoms with van der Waals surface area (Å²) in [6.45, 7) is 2.01. The first-order valence-corrected chi connectivity index (χ1v) is 10.2. The number of hydroxylamine groups is 1. The van der Waals surface area contributed by atoms with Gasteiger partial charge in [0.15, 0.2) is 0 Å². The molecular weight excluding hydrogens is 392 g/mol. The minimum Gasteiger partial charge on any atom is -0.449 e. The molecule has 0 radical (unpaired) electrons. The summed E-state index contributed by atoms with van der Waals surface area (Å²) in [6, 6.07) is 24.9. The fraction of sp³-hybridized carbons (Fsp3) is 0.200. The van der Waals surface area contributed by atoms with Crippen molar-refractivity contribution in [2.45, 2.75) is 25.5 Å². The van der Waals surface area contributed by atoms with Crippen LogP contribution in [0, 0.1) is 0 Å². The zero-order chi connectivity index (χ0) is 21.6. The number of carbonyl (C=O) groups excluding carboxylic acids is 2. The molecule has 0 fully saturated rings. The van der Waals surface area contributed by atoms with Gasteiger partial charge in [-0.25, -0.2) is 10.3 Å². The maximum absolute atomic E-state index is 12.3. The Kier molecular flexibility index (Phi) is 6.29. The first-order chi connectivity index (χ1) is 15.1. The van der Waals surface area contributed by atoms with Crippen LogP contribution in [0.25, 0.3) is 11.1 Å². The molecule has 4 rings (SSSR count). The minimum atomic E-state index is -0.800. The summed E-state index contributed by atoms with van der Waals surface area (Å²) in [7, 11) is 0. The summed E-state index contributed by atoms with van der Waals surface area (Å²) in [6.07, 6.45) is -0.646. The standard InChI is InChI=1S/C25H24N2O4/c1-17(24(28)27-31-15-18-9-3-2-4-10-18)26-25(29)30-16-23-21-13-7-5-11-19(21)20-12-6-8-14-22(20)23/h2-14,17,23H,15-16H2,1H3,(H,26,29)(H,27,28)/t17-/m0/s1. The highest BCUT2D eigenvalue weighted by Gasteiger charge is 2.29. The number of amides is 2. The fourth-order valence-electron chi connectivity index (χ4n) is 3.74. The Hall–Kier alpha value is -3.64. The van der Waals surface area contributed by atoms with E-state index in [9.17, 15) is 9.59 Å². The lowest BCUT2D eigenvalue weighted by Crippen LogP contribution is -2.45. The molecule has 1 aliphatic carbocycles. The Morgan fingerprint density at radius 1 is 0.871 bits per heavy atom. The second kappa shape index (κ2) is 9.45. The van der Waals surface area contributed by atoms with E-state index in [0.717, 1.165) is 27.8 Å². The van der Waals surface area contributed by atoms with Gasteiger partial charge >= 0.3 is 6.09 Å². The largest absolute Gasteiger partial charge is 0.449 e. The number of rotatable bonds is 7. The van der Waals surface area contributed by atoms with Crippen molar-refractivity contribution in [3.05, 3.63) is 95.6 Å². The lowest BCUT2D eigenvalue weighted by Gasteiger charge is -2.17. The number of alkyl carbamates (subject to hydrolysis) is 1. The smallest absolute Gasteiger partial charge is 0.407 e. The van der Waals surface area contributed by atoms with Crippen LogP contribution >= 0.6 is 0 Å². The predicted octanol–water partition coefficient (Wildman–Crippen LogP) is 4.16. The third-order valence-corrected chi connectivity index (χ3v) is 5.33. The van der Waals surface area contributed by atoms with E-state index in [1.807, 2.05) is 54.6 Å². The van der Waals surface area contributed by atoms with Gasteiger partial charge in [-0.15, -0.1) is 0 Å². The van der Waals surface area contributed by atoms with Crippen molar-refractivity contribution in [3.8, 4) is 11.1 Å². The number of ether oxygens (including phenoxy) is 1. The van der Waals surface area contributed by atoms with Crippen molar-refractivity contribution < 1.29 is 19.2 Å². The van der Waals surface area contributed by atoms with Crippen molar-refractivity contribution >= 4 is 12.0 Å². The van der Waals surface area contributed by atoms with Crippen LogP contribution in [0.15, 0.2) is 78.9 Å². The van der Waals surface area contributed by atoms with Crippen molar-refractivity contribution in [2.24, 2.45) is 0 Å². The molecule has 0 saturated carbocycles. The number of hydrogen-bond donors (Lipinski definition) is 2. The molecule has 0 unspecified atom stereocenters. The van der Waals surface area contributed by atoms with E-state index in [-0.39, 0.29) is 19.1 Å². The van der Waals surface area contributed by atoms with E-state index in [0.29, 0.717) is 0 Å². The molecule has 3 aromatic carbocycles. The fourth-order valence-corrected chi connectivity index (χ4v) is 3.74. The normalized spacial score (nSPS) is 13.1. The van der Waals surface area contributed by atoms with E-state index in [4.69, 9.17) is 9.57 Å². The maximum atomic E-state index is 12.3. The molecule has 0 saturated heterocycles. The molecule has 2 N–H and O–H groups in total. The summed E-state index contributed by atoms with van der Waals surface area (Å²) < 4.78 is 5.46. The molecule has 2 amide bonds. The second-order valence-electron chi connectivity index (χ2n) is 7.43. The van der Waals surface area contributed by atoms with Crippen LogP contribution in [0.1, 0.15) is 29.5 Å². The first-order valence-electron chi connectivity index (χ1n) is 10.2. The summed E-state index contributed by atoms with van der Waals surface area (Å²) in [5, 5.41) is 2.55. The Morgan fingerprint density at radius 2 is 1.45 bits per heavy atom. The summed E-state index contributed by atoms with van der Waals surface area (Å²) >= 11 is 0. The molecule has 0 aromatic heterocycles. The van der Waals surface area contributed by atoms with Crippen molar-refractivity contribution in [3.63, 3.8) is 0 Å². The molecule has 6 nitrogen and oxygen atoms in total. The molecule has 0 bridgehead atoms. The highest BCUT2D eigenvalue weighted by molar-refractivity contribution is 5.84. The first kappa shape index (κ1) is 20.6. The Morgan fingerprint density at radius 3 is 2.10 bits per heavy atom. The molecule has 31 heavy (non-hydrogen) atoms. The molecule has 158 valence electrons. The third kappa shape index (κ3) is 4.75. The zero-order valence-corrected chi connectivity index (χ0v) is 17.2. The molecule has 1 aliphatic rings. The van der Waals surface area contributed by atoms with Crippen molar-refractivity contribution in [1.29, 1.82) is 0 Å². The lowest BCUT2D eigenvalue weighted by atomic mass is 9.98. The van der Waals surface area contributed by atoms with Crippen molar-refractivity contribution in [2.75, 3.05) is 6.61 Å². The molecule has 0 aliphatic heterocycles. The predicted molar refractivity (Wildman–Crippen MR) is 117 cm³/mol. The van der Waals surface area contributed by atoms with Crippen LogP contribution in [0.5, 0.6) is 0 Å². The summed E-state index contributed by atoms with van der Waals surface area (Å²) in [5.41, 5.74) is 7.88. The van der Waals surface area contributed by atoms with Gasteiger partial charge in [0.25, 0.3) is 5.91 Å². The average Bonchev–Trinajstić information content (AvgIpc) is 3.12. The topological polar surface area (TPSA) is 76.7 Å². The third-order valence-electron chi connectivity index (χ3n) is 5.33. The van der Waals surface area contributed by atoms with Gasteiger partial charge in [0.1, 0.15) is 12.6 Å². The highest BCUT2D eigenvalue weighted by Crippen LogP contribution is 2.44. The Bertz CT molecular complexity index is 1020. The second-order valence-corrected chi connectivity index (χ2v) is 7.43. The van der Waals surface area contributed by atoms with E-state index >= 15 is 0 Å². The molecule has 0 spiro atoms. The molecule has 1 atom stereocenters. The van der Waals surface area contributed by atoms with E-state index in [1.165, 1.54) is 0 Å².